The number of hydrogen-bond donors (Lipinski definition) is 1. The SMILES string of the molecule is COc1cccc(CCNc2cc(C(=O)N(C)c3ccccc3)ccn2)c1. The van der Waals surface area contributed by atoms with Crippen molar-refractivity contribution in [1.29, 1.82) is 0 Å². The van der Waals surface area contributed by atoms with Gasteiger partial charge in [0.1, 0.15) is 11.6 Å². The highest BCUT2D eigenvalue weighted by Gasteiger charge is 2.13. The van der Waals surface area contributed by atoms with Gasteiger partial charge in [0.25, 0.3) is 5.91 Å². The molecule has 1 aromatic heterocycles. The average molecular weight is 361 g/mol. The van der Waals surface area contributed by atoms with Crippen LogP contribution in [0.2, 0.25) is 0 Å². The zero-order valence-corrected chi connectivity index (χ0v) is 15.6. The summed E-state index contributed by atoms with van der Waals surface area (Å²) in [5.41, 5.74) is 2.63. The molecule has 3 rings (SSSR count). The molecule has 138 valence electrons. The van der Waals surface area contributed by atoms with Crippen molar-refractivity contribution in [3.8, 4) is 5.75 Å². The van der Waals surface area contributed by atoms with Gasteiger partial charge in [-0.05, 0) is 48.4 Å². The number of methoxy groups -OCH3 is 1. The summed E-state index contributed by atoms with van der Waals surface area (Å²) in [7, 11) is 3.43. The van der Waals surface area contributed by atoms with Gasteiger partial charge in [-0.15, -0.1) is 0 Å². The van der Waals surface area contributed by atoms with E-state index in [4.69, 9.17) is 4.74 Å². The number of anilines is 2. The van der Waals surface area contributed by atoms with Gasteiger partial charge in [-0.3, -0.25) is 4.79 Å². The summed E-state index contributed by atoms with van der Waals surface area (Å²) in [6, 6.07) is 21.1. The molecule has 0 aliphatic carbocycles. The fourth-order valence-corrected chi connectivity index (χ4v) is 2.79. The zero-order valence-electron chi connectivity index (χ0n) is 15.6. The minimum absolute atomic E-state index is 0.0700. The second-order valence-corrected chi connectivity index (χ2v) is 6.16. The molecule has 0 aliphatic heterocycles. The van der Waals surface area contributed by atoms with Crippen molar-refractivity contribution in [1.82, 2.24) is 4.98 Å². The number of hydrogen-bond acceptors (Lipinski definition) is 4. The predicted octanol–water partition coefficient (Wildman–Crippen LogP) is 4.02. The quantitative estimate of drug-likeness (QED) is 0.690. The summed E-state index contributed by atoms with van der Waals surface area (Å²) in [5, 5.41) is 3.28. The van der Waals surface area contributed by atoms with Crippen molar-refractivity contribution in [3.63, 3.8) is 0 Å². The molecule has 0 aliphatic rings. The Bertz CT molecular complexity index is 897. The number of para-hydroxylation sites is 1. The number of rotatable bonds is 7. The first kappa shape index (κ1) is 18.5. The van der Waals surface area contributed by atoms with Crippen LogP contribution in [0, 0.1) is 0 Å². The molecule has 1 heterocycles. The maximum absolute atomic E-state index is 12.7. The molecule has 0 saturated heterocycles. The number of aromatic nitrogens is 1. The van der Waals surface area contributed by atoms with Crippen LogP contribution in [0.15, 0.2) is 72.9 Å². The van der Waals surface area contributed by atoms with E-state index < -0.39 is 0 Å². The Hall–Kier alpha value is -3.34. The van der Waals surface area contributed by atoms with Crippen molar-refractivity contribution < 1.29 is 9.53 Å². The van der Waals surface area contributed by atoms with Crippen LogP contribution in [0.3, 0.4) is 0 Å². The lowest BCUT2D eigenvalue weighted by molar-refractivity contribution is 0.0993. The smallest absolute Gasteiger partial charge is 0.258 e. The minimum atomic E-state index is -0.0700. The van der Waals surface area contributed by atoms with E-state index in [-0.39, 0.29) is 5.91 Å². The fourth-order valence-electron chi connectivity index (χ4n) is 2.79. The maximum atomic E-state index is 12.7. The average Bonchev–Trinajstić information content (AvgIpc) is 2.73. The van der Waals surface area contributed by atoms with Crippen molar-refractivity contribution in [2.75, 3.05) is 30.9 Å². The molecule has 1 amide bonds. The number of ether oxygens (including phenoxy) is 1. The van der Waals surface area contributed by atoms with Gasteiger partial charge >= 0.3 is 0 Å². The van der Waals surface area contributed by atoms with Gasteiger partial charge in [-0.1, -0.05) is 30.3 Å². The molecule has 27 heavy (non-hydrogen) atoms. The Kier molecular flexibility index (Phi) is 6.05. The van der Waals surface area contributed by atoms with Gasteiger partial charge < -0.3 is 15.0 Å². The van der Waals surface area contributed by atoms with Crippen LogP contribution in [0.4, 0.5) is 11.5 Å². The molecule has 0 fully saturated rings. The molecule has 0 bridgehead atoms. The Morgan fingerprint density at radius 3 is 2.67 bits per heavy atom. The minimum Gasteiger partial charge on any atom is -0.497 e. The Morgan fingerprint density at radius 2 is 1.89 bits per heavy atom. The Labute approximate surface area is 159 Å². The van der Waals surface area contributed by atoms with E-state index in [1.807, 2.05) is 48.5 Å². The monoisotopic (exact) mass is 361 g/mol. The van der Waals surface area contributed by atoms with Crippen molar-refractivity contribution in [2.24, 2.45) is 0 Å². The molecule has 1 N–H and O–H groups in total. The van der Waals surface area contributed by atoms with E-state index >= 15 is 0 Å². The van der Waals surface area contributed by atoms with E-state index in [0.717, 1.165) is 17.9 Å². The summed E-state index contributed by atoms with van der Waals surface area (Å²) in [5.74, 6) is 1.46. The molecule has 0 radical (unpaired) electrons. The first-order valence-electron chi connectivity index (χ1n) is 8.83. The Morgan fingerprint density at radius 1 is 1.07 bits per heavy atom. The molecule has 5 heteroatoms. The molecule has 0 saturated carbocycles. The van der Waals surface area contributed by atoms with Gasteiger partial charge in [0.15, 0.2) is 0 Å². The van der Waals surface area contributed by atoms with Crippen LogP contribution in [0.25, 0.3) is 0 Å². The summed E-state index contributed by atoms with van der Waals surface area (Å²) in [6.07, 6.45) is 2.49. The van der Waals surface area contributed by atoms with E-state index in [2.05, 4.69) is 16.4 Å². The fraction of sp³-hybridized carbons (Fsp3) is 0.182. The van der Waals surface area contributed by atoms with Crippen molar-refractivity contribution in [2.45, 2.75) is 6.42 Å². The van der Waals surface area contributed by atoms with Crippen LogP contribution in [-0.2, 0) is 6.42 Å². The maximum Gasteiger partial charge on any atom is 0.258 e. The molecule has 0 atom stereocenters. The molecule has 0 spiro atoms. The molecule has 5 nitrogen and oxygen atoms in total. The van der Waals surface area contributed by atoms with Gasteiger partial charge in [-0.25, -0.2) is 4.98 Å². The van der Waals surface area contributed by atoms with Crippen LogP contribution in [-0.4, -0.2) is 31.6 Å². The standard InChI is InChI=1S/C22H23N3O2/c1-25(19-8-4-3-5-9-19)22(26)18-12-14-24-21(16-18)23-13-11-17-7-6-10-20(15-17)27-2/h3-10,12,14-16H,11,13H2,1-2H3,(H,23,24). The zero-order chi connectivity index (χ0) is 19.1. The van der Waals surface area contributed by atoms with Crippen molar-refractivity contribution in [3.05, 3.63) is 84.1 Å². The van der Waals surface area contributed by atoms with E-state index in [0.29, 0.717) is 17.9 Å². The second kappa shape index (κ2) is 8.85. The lowest BCUT2D eigenvalue weighted by Gasteiger charge is -2.17. The number of amides is 1. The van der Waals surface area contributed by atoms with Crippen LogP contribution in [0.5, 0.6) is 5.75 Å². The van der Waals surface area contributed by atoms with Crippen LogP contribution < -0.4 is 15.0 Å². The first-order valence-corrected chi connectivity index (χ1v) is 8.83. The lowest BCUT2D eigenvalue weighted by Crippen LogP contribution is -2.26. The highest BCUT2D eigenvalue weighted by molar-refractivity contribution is 6.06. The van der Waals surface area contributed by atoms with Gasteiger partial charge in [0.2, 0.25) is 0 Å². The van der Waals surface area contributed by atoms with Crippen LogP contribution >= 0.6 is 0 Å². The first-order chi connectivity index (χ1) is 13.2. The number of nitrogens with one attached hydrogen (secondary N) is 1. The van der Waals surface area contributed by atoms with E-state index in [9.17, 15) is 4.79 Å². The number of carbonyl (C=O) groups is 1. The van der Waals surface area contributed by atoms with Gasteiger partial charge in [0, 0.05) is 31.0 Å². The highest BCUT2D eigenvalue weighted by Crippen LogP contribution is 2.17. The second-order valence-electron chi connectivity index (χ2n) is 6.16. The predicted molar refractivity (Wildman–Crippen MR) is 109 cm³/mol. The number of carbonyl (C=O) groups excluding carboxylic acids is 1. The number of nitrogens with zero attached hydrogens (tertiary/aromatic N) is 2. The summed E-state index contributed by atoms with van der Waals surface area (Å²) in [6.45, 7) is 0.715. The third kappa shape index (κ3) is 4.85. The van der Waals surface area contributed by atoms with Crippen LogP contribution in [0.1, 0.15) is 15.9 Å². The highest BCUT2D eigenvalue weighted by atomic mass is 16.5. The molecular weight excluding hydrogens is 338 g/mol. The largest absolute Gasteiger partial charge is 0.497 e. The third-order valence-corrected chi connectivity index (χ3v) is 4.31. The summed E-state index contributed by atoms with van der Waals surface area (Å²) in [4.78, 5) is 18.7. The molecule has 3 aromatic rings. The Balaban J connectivity index is 1.62. The third-order valence-electron chi connectivity index (χ3n) is 4.31. The number of pyridine rings is 1. The summed E-state index contributed by atoms with van der Waals surface area (Å²) >= 11 is 0. The van der Waals surface area contributed by atoms with E-state index in [1.54, 1.807) is 37.4 Å². The van der Waals surface area contributed by atoms with Crippen molar-refractivity contribution >= 4 is 17.4 Å². The summed E-state index contributed by atoms with van der Waals surface area (Å²) < 4.78 is 5.25. The molecule has 2 aromatic carbocycles. The van der Waals surface area contributed by atoms with Gasteiger partial charge in [0.05, 0.1) is 7.11 Å². The van der Waals surface area contributed by atoms with Gasteiger partial charge in [-0.2, -0.15) is 0 Å². The molecular formula is C22H23N3O2. The van der Waals surface area contributed by atoms with E-state index in [1.165, 1.54) is 5.56 Å². The molecule has 0 unspecified atom stereocenters. The lowest BCUT2D eigenvalue weighted by atomic mass is 10.1. The topological polar surface area (TPSA) is 54.5 Å². The normalized spacial score (nSPS) is 10.3. The number of benzene rings is 2.